The maximum Gasteiger partial charge on any atom is 0.313 e. The van der Waals surface area contributed by atoms with Crippen molar-refractivity contribution in [3.63, 3.8) is 0 Å². The first-order valence-electron chi connectivity index (χ1n) is 11.7. The van der Waals surface area contributed by atoms with E-state index in [1.165, 1.54) is 70.6 Å². The minimum absolute atomic E-state index is 0.191. The molecule has 0 aliphatic carbocycles. The molecule has 0 spiro atoms. The second-order valence-corrected chi connectivity index (χ2v) is 7.83. The fourth-order valence-electron chi connectivity index (χ4n) is 3.24. The van der Waals surface area contributed by atoms with Crippen molar-refractivity contribution in [3.8, 4) is 0 Å². The van der Waals surface area contributed by atoms with Gasteiger partial charge < -0.3 is 9.84 Å². The minimum atomic E-state index is -0.960. The van der Waals surface area contributed by atoms with E-state index in [0.717, 1.165) is 25.7 Å². The maximum atomic E-state index is 12.2. The molecule has 4 heteroatoms. The van der Waals surface area contributed by atoms with Gasteiger partial charge in [-0.15, -0.1) is 0 Å². The standard InChI is InChI=1S/C24H44O4/c1-3-5-7-9-11-12-13-14-15-17-19-22(21-23(25)26)24(27)28-20-18-16-10-8-6-4-2/h17,19,22H,3-16,18,20-21H2,1-2H3,(H,25,26). The lowest BCUT2D eigenvalue weighted by Gasteiger charge is -2.11. The lowest BCUT2D eigenvalue weighted by atomic mass is 10.0. The van der Waals surface area contributed by atoms with E-state index >= 15 is 0 Å². The van der Waals surface area contributed by atoms with Crippen molar-refractivity contribution in [2.75, 3.05) is 6.61 Å². The van der Waals surface area contributed by atoms with E-state index < -0.39 is 17.9 Å². The van der Waals surface area contributed by atoms with E-state index in [1.54, 1.807) is 6.08 Å². The number of allylic oxidation sites excluding steroid dienone is 1. The predicted molar refractivity (Wildman–Crippen MR) is 116 cm³/mol. The van der Waals surface area contributed by atoms with Crippen LogP contribution in [-0.4, -0.2) is 23.7 Å². The largest absolute Gasteiger partial charge is 0.481 e. The van der Waals surface area contributed by atoms with Crippen LogP contribution in [0.15, 0.2) is 12.2 Å². The Kier molecular flexibility index (Phi) is 19.5. The third-order valence-electron chi connectivity index (χ3n) is 5.03. The second-order valence-electron chi connectivity index (χ2n) is 7.83. The van der Waals surface area contributed by atoms with E-state index in [0.29, 0.717) is 6.61 Å². The average Bonchev–Trinajstić information content (AvgIpc) is 2.67. The number of hydrogen-bond donors (Lipinski definition) is 1. The first-order chi connectivity index (χ1) is 13.6. The monoisotopic (exact) mass is 396 g/mol. The Morgan fingerprint density at radius 1 is 0.786 bits per heavy atom. The molecule has 0 fully saturated rings. The highest BCUT2D eigenvalue weighted by molar-refractivity contribution is 5.80. The van der Waals surface area contributed by atoms with E-state index in [2.05, 4.69) is 13.8 Å². The van der Waals surface area contributed by atoms with Crippen LogP contribution in [0.3, 0.4) is 0 Å². The highest BCUT2D eigenvalue weighted by atomic mass is 16.5. The number of aliphatic carboxylic acids is 1. The fourth-order valence-corrected chi connectivity index (χ4v) is 3.24. The van der Waals surface area contributed by atoms with Crippen LogP contribution in [0, 0.1) is 5.92 Å². The van der Waals surface area contributed by atoms with Crippen molar-refractivity contribution in [1.29, 1.82) is 0 Å². The molecular formula is C24H44O4. The molecule has 0 aromatic carbocycles. The molecule has 0 saturated heterocycles. The normalized spacial score (nSPS) is 12.4. The molecule has 0 aliphatic rings. The summed E-state index contributed by atoms with van der Waals surface area (Å²) in [5, 5.41) is 9.04. The summed E-state index contributed by atoms with van der Waals surface area (Å²) >= 11 is 0. The van der Waals surface area contributed by atoms with E-state index in [9.17, 15) is 9.59 Å². The number of carboxylic acid groups (broad SMARTS) is 1. The summed E-state index contributed by atoms with van der Waals surface area (Å²) in [5.41, 5.74) is 0. The van der Waals surface area contributed by atoms with E-state index in [-0.39, 0.29) is 6.42 Å². The molecule has 0 rings (SSSR count). The first kappa shape index (κ1) is 26.7. The van der Waals surface area contributed by atoms with Crippen molar-refractivity contribution in [3.05, 3.63) is 12.2 Å². The van der Waals surface area contributed by atoms with Gasteiger partial charge in [0.15, 0.2) is 0 Å². The molecule has 0 heterocycles. The van der Waals surface area contributed by atoms with Gasteiger partial charge in [-0.25, -0.2) is 0 Å². The minimum Gasteiger partial charge on any atom is -0.481 e. The van der Waals surface area contributed by atoms with Crippen LogP contribution in [0.4, 0.5) is 0 Å². The summed E-state index contributed by atoms with van der Waals surface area (Å²) in [6.07, 6.45) is 21.3. The molecule has 1 atom stereocenters. The van der Waals surface area contributed by atoms with Gasteiger partial charge in [0.2, 0.25) is 0 Å². The molecular weight excluding hydrogens is 352 g/mol. The highest BCUT2D eigenvalue weighted by Crippen LogP contribution is 2.13. The van der Waals surface area contributed by atoms with Crippen molar-refractivity contribution in [2.24, 2.45) is 5.92 Å². The van der Waals surface area contributed by atoms with Gasteiger partial charge in [-0.1, -0.05) is 103 Å². The van der Waals surface area contributed by atoms with Crippen molar-refractivity contribution < 1.29 is 19.4 Å². The lowest BCUT2D eigenvalue weighted by molar-refractivity contribution is -0.151. The van der Waals surface area contributed by atoms with Crippen LogP contribution in [0.25, 0.3) is 0 Å². The van der Waals surface area contributed by atoms with Gasteiger partial charge in [0.25, 0.3) is 0 Å². The Balaban J connectivity index is 3.93. The van der Waals surface area contributed by atoms with E-state index in [4.69, 9.17) is 9.84 Å². The van der Waals surface area contributed by atoms with Crippen LogP contribution in [-0.2, 0) is 14.3 Å². The molecule has 28 heavy (non-hydrogen) atoms. The maximum absolute atomic E-state index is 12.2. The topological polar surface area (TPSA) is 63.6 Å². The molecule has 1 N–H and O–H groups in total. The Hall–Kier alpha value is -1.32. The van der Waals surface area contributed by atoms with Crippen molar-refractivity contribution in [1.82, 2.24) is 0 Å². The number of hydrogen-bond acceptors (Lipinski definition) is 3. The number of esters is 1. The summed E-state index contributed by atoms with van der Waals surface area (Å²) in [7, 11) is 0. The van der Waals surface area contributed by atoms with E-state index in [1.807, 2.05) is 6.08 Å². The molecule has 0 bridgehead atoms. The van der Waals surface area contributed by atoms with Crippen LogP contribution < -0.4 is 0 Å². The highest BCUT2D eigenvalue weighted by Gasteiger charge is 2.20. The molecule has 0 saturated carbocycles. The lowest BCUT2D eigenvalue weighted by Crippen LogP contribution is -2.19. The third kappa shape index (κ3) is 18.1. The van der Waals surface area contributed by atoms with Crippen molar-refractivity contribution >= 4 is 11.9 Å². The van der Waals surface area contributed by atoms with Gasteiger partial charge in [-0.2, -0.15) is 0 Å². The Morgan fingerprint density at radius 3 is 1.82 bits per heavy atom. The number of carbonyl (C=O) groups excluding carboxylic acids is 1. The number of rotatable bonds is 20. The number of carbonyl (C=O) groups is 2. The van der Waals surface area contributed by atoms with Gasteiger partial charge in [-0.3, -0.25) is 9.59 Å². The van der Waals surface area contributed by atoms with Crippen LogP contribution in [0.2, 0.25) is 0 Å². The Bertz CT molecular complexity index is 403. The summed E-state index contributed by atoms with van der Waals surface area (Å²) in [6, 6.07) is 0. The first-order valence-corrected chi connectivity index (χ1v) is 11.7. The summed E-state index contributed by atoms with van der Waals surface area (Å²) in [5.74, 6) is -2.02. The van der Waals surface area contributed by atoms with Crippen LogP contribution >= 0.6 is 0 Å². The molecule has 0 radical (unpaired) electrons. The zero-order chi connectivity index (χ0) is 20.9. The summed E-state index contributed by atoms with van der Waals surface area (Å²) in [6.45, 7) is 4.81. The van der Waals surface area contributed by atoms with Crippen LogP contribution in [0.1, 0.15) is 117 Å². The second kappa shape index (κ2) is 20.4. The van der Waals surface area contributed by atoms with Gasteiger partial charge in [0.05, 0.1) is 18.9 Å². The molecule has 164 valence electrons. The van der Waals surface area contributed by atoms with Crippen molar-refractivity contribution in [2.45, 2.75) is 117 Å². The molecule has 0 aromatic heterocycles. The average molecular weight is 397 g/mol. The predicted octanol–water partition coefficient (Wildman–Crippen LogP) is 7.07. The van der Waals surface area contributed by atoms with Gasteiger partial charge in [0, 0.05) is 0 Å². The van der Waals surface area contributed by atoms with Gasteiger partial charge in [0.1, 0.15) is 0 Å². The summed E-state index contributed by atoms with van der Waals surface area (Å²) < 4.78 is 5.30. The van der Waals surface area contributed by atoms with Gasteiger partial charge >= 0.3 is 11.9 Å². The fraction of sp³-hybridized carbons (Fsp3) is 0.833. The number of unbranched alkanes of at least 4 members (excludes halogenated alkanes) is 13. The Morgan fingerprint density at radius 2 is 1.29 bits per heavy atom. The zero-order valence-corrected chi connectivity index (χ0v) is 18.4. The Labute approximate surface area is 173 Å². The van der Waals surface area contributed by atoms with Crippen LogP contribution in [0.5, 0.6) is 0 Å². The molecule has 1 unspecified atom stereocenters. The smallest absolute Gasteiger partial charge is 0.313 e. The zero-order valence-electron chi connectivity index (χ0n) is 18.4. The number of carboxylic acids is 1. The quantitative estimate of drug-likeness (QED) is 0.136. The molecule has 0 aromatic rings. The third-order valence-corrected chi connectivity index (χ3v) is 5.03. The van der Waals surface area contributed by atoms with Gasteiger partial charge in [-0.05, 0) is 19.3 Å². The number of ether oxygens (including phenoxy) is 1. The molecule has 0 aliphatic heterocycles. The SMILES string of the molecule is CCCCCCCCCCC=CC(CC(=O)O)C(=O)OCCCCCCCC. The summed E-state index contributed by atoms with van der Waals surface area (Å²) in [4.78, 5) is 23.2. The molecule has 4 nitrogen and oxygen atoms in total. The molecule has 0 amide bonds.